The van der Waals surface area contributed by atoms with Crippen LogP contribution in [0.15, 0.2) is 29.2 Å². The van der Waals surface area contributed by atoms with Crippen molar-refractivity contribution in [3.63, 3.8) is 0 Å². The quantitative estimate of drug-likeness (QED) is 0.926. The Bertz CT molecular complexity index is 575. The van der Waals surface area contributed by atoms with E-state index in [2.05, 4.69) is 0 Å². The first kappa shape index (κ1) is 15.5. The molecule has 0 aliphatic carbocycles. The van der Waals surface area contributed by atoms with E-state index in [-0.39, 0.29) is 6.04 Å². The lowest BCUT2D eigenvalue weighted by Gasteiger charge is -2.33. The van der Waals surface area contributed by atoms with Crippen molar-refractivity contribution in [2.45, 2.75) is 56.6 Å². The van der Waals surface area contributed by atoms with E-state index in [0.717, 1.165) is 18.4 Å². The van der Waals surface area contributed by atoms with Gasteiger partial charge in [-0.1, -0.05) is 19.1 Å². The number of rotatable bonds is 4. The van der Waals surface area contributed by atoms with E-state index in [9.17, 15) is 13.5 Å². The van der Waals surface area contributed by atoms with Gasteiger partial charge in [0.05, 0.1) is 16.5 Å². The molecule has 0 aromatic heterocycles. The normalized spacial score (nSPS) is 21.3. The summed E-state index contributed by atoms with van der Waals surface area (Å²) >= 11 is 0. The summed E-state index contributed by atoms with van der Waals surface area (Å²) in [5.74, 6) is 0. The molecule has 1 heterocycles. The summed E-state index contributed by atoms with van der Waals surface area (Å²) in [6, 6.07) is 6.72. The molecule has 4 nitrogen and oxygen atoms in total. The first-order valence-corrected chi connectivity index (χ1v) is 8.54. The second-order valence-corrected chi connectivity index (χ2v) is 7.82. The van der Waals surface area contributed by atoms with Crippen molar-refractivity contribution in [1.29, 1.82) is 0 Å². The Hall–Kier alpha value is -0.910. The van der Waals surface area contributed by atoms with Crippen LogP contribution in [0.1, 0.15) is 39.2 Å². The summed E-state index contributed by atoms with van der Waals surface area (Å²) in [6.45, 7) is 5.83. The van der Waals surface area contributed by atoms with Crippen molar-refractivity contribution >= 4 is 10.0 Å². The average molecular weight is 297 g/mol. The fourth-order valence-corrected chi connectivity index (χ4v) is 4.68. The highest BCUT2D eigenvalue weighted by Gasteiger charge is 2.42. The summed E-state index contributed by atoms with van der Waals surface area (Å²) in [4.78, 5) is 0.327. The summed E-state index contributed by atoms with van der Waals surface area (Å²) in [7, 11) is -3.53. The Labute approximate surface area is 121 Å². The molecule has 5 heteroatoms. The molecule has 1 saturated heterocycles. The van der Waals surface area contributed by atoms with Crippen LogP contribution in [0.2, 0.25) is 0 Å². The number of hydrogen-bond donors (Lipinski definition) is 1. The van der Waals surface area contributed by atoms with E-state index in [1.54, 1.807) is 32.0 Å². The van der Waals surface area contributed by atoms with Crippen molar-refractivity contribution in [3.05, 3.63) is 29.8 Å². The summed E-state index contributed by atoms with van der Waals surface area (Å²) < 4.78 is 27.0. The Morgan fingerprint density at radius 2 is 2.10 bits per heavy atom. The van der Waals surface area contributed by atoms with Crippen LogP contribution in [-0.4, -0.2) is 36.0 Å². The lowest BCUT2D eigenvalue weighted by atomic mass is 9.98. The van der Waals surface area contributed by atoms with Crippen LogP contribution in [0, 0.1) is 0 Å². The van der Waals surface area contributed by atoms with Crippen LogP contribution < -0.4 is 0 Å². The Morgan fingerprint density at radius 1 is 1.40 bits per heavy atom. The van der Waals surface area contributed by atoms with Crippen molar-refractivity contribution in [2.75, 3.05) is 6.54 Å². The van der Waals surface area contributed by atoms with Crippen LogP contribution in [0.3, 0.4) is 0 Å². The highest BCUT2D eigenvalue weighted by atomic mass is 32.2. The van der Waals surface area contributed by atoms with Gasteiger partial charge in [0.15, 0.2) is 0 Å². The van der Waals surface area contributed by atoms with Crippen LogP contribution in [0.5, 0.6) is 0 Å². The van der Waals surface area contributed by atoms with E-state index in [1.165, 1.54) is 4.31 Å². The van der Waals surface area contributed by atoms with Crippen LogP contribution >= 0.6 is 0 Å². The second-order valence-electron chi connectivity index (χ2n) is 5.93. The van der Waals surface area contributed by atoms with Crippen molar-refractivity contribution in [2.24, 2.45) is 0 Å². The van der Waals surface area contributed by atoms with Gasteiger partial charge in [-0.2, -0.15) is 4.31 Å². The van der Waals surface area contributed by atoms with Crippen LogP contribution in [-0.2, 0) is 16.4 Å². The maximum absolute atomic E-state index is 12.8. The Balaban J connectivity index is 2.39. The maximum Gasteiger partial charge on any atom is 0.243 e. The van der Waals surface area contributed by atoms with Gasteiger partial charge in [-0.25, -0.2) is 8.42 Å². The molecule has 1 atom stereocenters. The van der Waals surface area contributed by atoms with Gasteiger partial charge in [-0.05, 0) is 50.8 Å². The lowest BCUT2D eigenvalue weighted by molar-refractivity contribution is 0.0215. The number of nitrogens with zero attached hydrogens (tertiary/aromatic N) is 1. The first-order valence-electron chi connectivity index (χ1n) is 7.10. The third-order valence-electron chi connectivity index (χ3n) is 3.93. The van der Waals surface area contributed by atoms with E-state index in [0.29, 0.717) is 17.9 Å². The zero-order valence-corrected chi connectivity index (χ0v) is 13.2. The first-order chi connectivity index (χ1) is 9.26. The van der Waals surface area contributed by atoms with Gasteiger partial charge >= 0.3 is 0 Å². The highest BCUT2D eigenvalue weighted by Crippen LogP contribution is 2.32. The minimum atomic E-state index is -3.53. The molecule has 0 bridgehead atoms. The van der Waals surface area contributed by atoms with Gasteiger partial charge < -0.3 is 5.11 Å². The van der Waals surface area contributed by atoms with E-state index < -0.39 is 15.6 Å². The van der Waals surface area contributed by atoms with E-state index in [1.807, 2.05) is 13.0 Å². The average Bonchev–Trinajstić information content (AvgIpc) is 2.88. The van der Waals surface area contributed by atoms with E-state index in [4.69, 9.17) is 0 Å². The highest BCUT2D eigenvalue weighted by molar-refractivity contribution is 7.89. The molecule has 1 aliphatic rings. The largest absolute Gasteiger partial charge is 0.389 e. The minimum Gasteiger partial charge on any atom is -0.389 e. The number of benzene rings is 1. The van der Waals surface area contributed by atoms with Gasteiger partial charge in [0, 0.05) is 6.54 Å². The third-order valence-corrected chi connectivity index (χ3v) is 5.84. The Kier molecular flexibility index (Phi) is 4.23. The standard InChI is InChI=1S/C15H23NO3S/c1-4-12-7-5-8-13(11-12)20(18,19)16-10-6-9-14(16)15(2,3)17/h5,7-8,11,14,17H,4,6,9-10H2,1-3H3. The fraction of sp³-hybridized carbons (Fsp3) is 0.600. The van der Waals surface area contributed by atoms with E-state index >= 15 is 0 Å². The van der Waals surface area contributed by atoms with Crippen LogP contribution in [0.25, 0.3) is 0 Å². The summed E-state index contributed by atoms with van der Waals surface area (Å²) in [5, 5.41) is 10.2. The number of aliphatic hydroxyl groups is 1. The number of hydrogen-bond acceptors (Lipinski definition) is 3. The smallest absolute Gasteiger partial charge is 0.243 e. The predicted octanol–water partition coefficient (Wildman–Crippen LogP) is 2.17. The molecule has 1 aromatic rings. The van der Waals surface area contributed by atoms with Gasteiger partial charge in [0.2, 0.25) is 10.0 Å². The Morgan fingerprint density at radius 3 is 2.70 bits per heavy atom. The molecule has 2 rings (SSSR count). The molecule has 0 saturated carbocycles. The molecule has 0 amide bonds. The van der Waals surface area contributed by atoms with Crippen molar-refractivity contribution in [1.82, 2.24) is 4.31 Å². The predicted molar refractivity (Wildman–Crippen MR) is 79.0 cm³/mol. The van der Waals surface area contributed by atoms with Gasteiger partial charge in [0.1, 0.15) is 0 Å². The zero-order valence-electron chi connectivity index (χ0n) is 12.3. The molecule has 1 aliphatic heterocycles. The third kappa shape index (κ3) is 2.90. The number of aryl methyl sites for hydroxylation is 1. The topological polar surface area (TPSA) is 57.6 Å². The lowest BCUT2D eigenvalue weighted by Crippen LogP contribution is -2.48. The fourth-order valence-electron chi connectivity index (χ4n) is 2.79. The molecule has 0 radical (unpaired) electrons. The molecule has 1 aromatic carbocycles. The minimum absolute atomic E-state index is 0.327. The molecule has 1 N–H and O–H groups in total. The van der Waals surface area contributed by atoms with Gasteiger partial charge in [0.25, 0.3) is 0 Å². The monoisotopic (exact) mass is 297 g/mol. The molecular weight excluding hydrogens is 274 g/mol. The molecule has 1 unspecified atom stereocenters. The van der Waals surface area contributed by atoms with Gasteiger partial charge in [-0.15, -0.1) is 0 Å². The van der Waals surface area contributed by atoms with Crippen molar-refractivity contribution in [3.8, 4) is 0 Å². The molecule has 0 spiro atoms. The second kappa shape index (κ2) is 5.47. The zero-order chi connectivity index (χ0) is 15.0. The molecule has 20 heavy (non-hydrogen) atoms. The number of sulfonamides is 1. The molecule has 1 fully saturated rings. The summed E-state index contributed by atoms with van der Waals surface area (Å²) in [6.07, 6.45) is 2.30. The van der Waals surface area contributed by atoms with Crippen molar-refractivity contribution < 1.29 is 13.5 Å². The van der Waals surface area contributed by atoms with Gasteiger partial charge in [-0.3, -0.25) is 0 Å². The SMILES string of the molecule is CCc1cccc(S(=O)(=O)N2CCCC2C(C)(C)O)c1. The van der Waals surface area contributed by atoms with Crippen LogP contribution in [0.4, 0.5) is 0 Å². The maximum atomic E-state index is 12.8. The molecular formula is C15H23NO3S. The molecule has 112 valence electrons. The summed E-state index contributed by atoms with van der Waals surface area (Å²) in [5.41, 5.74) is -0.0172.